The number of pyridine rings is 1. The second-order valence-electron chi connectivity index (χ2n) is 8.37. The van der Waals surface area contributed by atoms with Crippen LogP contribution >= 0.6 is 0 Å². The van der Waals surface area contributed by atoms with Crippen molar-refractivity contribution in [3.05, 3.63) is 89.2 Å². The number of aromatic nitrogens is 1. The molecule has 1 aliphatic rings. The fourth-order valence-corrected chi connectivity index (χ4v) is 4.33. The molecule has 4 rings (SSSR count). The molecule has 3 amide bonds. The van der Waals surface area contributed by atoms with E-state index >= 15 is 0 Å². The third kappa shape index (κ3) is 5.37. The molecule has 2 aromatic carbocycles. The number of hydrogen-bond acceptors (Lipinski definition) is 5. The number of amides is 3. The Labute approximate surface area is 205 Å². The summed E-state index contributed by atoms with van der Waals surface area (Å²) < 4.78 is 11.0. The standard InChI is InChI=1S/C27H30N4O4/c1-18(26(32)29-17-21-11-7-8-13-28-21)30-27(33)31-14-12-20-15-23(34-2)24(35-3)16-22(20)25(31)19-9-5-4-6-10-19/h4-11,13,15-16,18,25H,12,14,17H2,1-3H3,(H,29,32)(H,30,33)/t18-,25-/m0/s1. The summed E-state index contributed by atoms with van der Waals surface area (Å²) in [5.74, 6) is 0.995. The van der Waals surface area contributed by atoms with Gasteiger partial charge in [0, 0.05) is 12.7 Å². The topological polar surface area (TPSA) is 92.8 Å². The molecule has 0 saturated carbocycles. The molecule has 0 fully saturated rings. The van der Waals surface area contributed by atoms with Crippen molar-refractivity contribution in [2.24, 2.45) is 0 Å². The maximum atomic E-state index is 13.4. The van der Waals surface area contributed by atoms with Crippen molar-refractivity contribution in [1.29, 1.82) is 0 Å². The number of carbonyl (C=O) groups excluding carboxylic acids is 2. The number of nitrogens with zero attached hydrogens (tertiary/aromatic N) is 2. The molecule has 2 atom stereocenters. The second kappa shape index (κ2) is 10.9. The lowest BCUT2D eigenvalue weighted by Crippen LogP contribution is -2.52. The molecule has 1 aliphatic heterocycles. The number of methoxy groups -OCH3 is 2. The molecular weight excluding hydrogens is 444 g/mol. The van der Waals surface area contributed by atoms with Gasteiger partial charge in [0.25, 0.3) is 0 Å². The van der Waals surface area contributed by atoms with Crippen molar-refractivity contribution in [3.8, 4) is 11.5 Å². The predicted octanol–water partition coefficient (Wildman–Crippen LogP) is 3.46. The van der Waals surface area contributed by atoms with E-state index in [-0.39, 0.29) is 18.0 Å². The fourth-order valence-electron chi connectivity index (χ4n) is 4.33. The monoisotopic (exact) mass is 474 g/mol. The van der Waals surface area contributed by atoms with Crippen LogP contribution in [0.4, 0.5) is 4.79 Å². The van der Waals surface area contributed by atoms with Gasteiger partial charge in [-0.25, -0.2) is 4.79 Å². The highest BCUT2D eigenvalue weighted by molar-refractivity contribution is 5.87. The summed E-state index contributed by atoms with van der Waals surface area (Å²) in [6, 6.07) is 17.9. The molecule has 2 heterocycles. The fraction of sp³-hybridized carbons (Fsp3) is 0.296. The minimum absolute atomic E-state index is 0.274. The highest BCUT2D eigenvalue weighted by Gasteiger charge is 2.34. The normalized spacial score (nSPS) is 15.5. The molecule has 35 heavy (non-hydrogen) atoms. The summed E-state index contributed by atoms with van der Waals surface area (Å²) in [5.41, 5.74) is 3.80. The molecule has 0 bridgehead atoms. The summed E-state index contributed by atoms with van der Waals surface area (Å²) in [4.78, 5) is 32.0. The van der Waals surface area contributed by atoms with Gasteiger partial charge in [-0.15, -0.1) is 0 Å². The quantitative estimate of drug-likeness (QED) is 0.547. The SMILES string of the molecule is COc1cc2c(cc1OC)[C@H](c1ccccc1)N(C(=O)N[C@@H](C)C(=O)NCc1ccccn1)CC2. The molecule has 8 heteroatoms. The van der Waals surface area contributed by atoms with Crippen LogP contribution in [0.25, 0.3) is 0 Å². The van der Waals surface area contributed by atoms with Crippen LogP contribution in [0, 0.1) is 0 Å². The number of benzene rings is 2. The molecule has 182 valence electrons. The van der Waals surface area contributed by atoms with Crippen molar-refractivity contribution in [1.82, 2.24) is 20.5 Å². The highest BCUT2D eigenvalue weighted by Crippen LogP contribution is 2.41. The summed E-state index contributed by atoms with van der Waals surface area (Å²) in [7, 11) is 3.21. The zero-order chi connectivity index (χ0) is 24.8. The number of hydrogen-bond donors (Lipinski definition) is 2. The Morgan fingerprint density at radius 2 is 1.77 bits per heavy atom. The minimum Gasteiger partial charge on any atom is -0.493 e. The largest absolute Gasteiger partial charge is 0.493 e. The molecule has 3 aromatic rings. The van der Waals surface area contributed by atoms with E-state index in [0.29, 0.717) is 31.0 Å². The van der Waals surface area contributed by atoms with Crippen LogP contribution in [-0.2, 0) is 17.8 Å². The van der Waals surface area contributed by atoms with Gasteiger partial charge in [-0.05, 0) is 54.3 Å². The van der Waals surface area contributed by atoms with Gasteiger partial charge >= 0.3 is 6.03 Å². The van der Waals surface area contributed by atoms with Gasteiger partial charge in [-0.2, -0.15) is 0 Å². The number of rotatable bonds is 7. The van der Waals surface area contributed by atoms with Gasteiger partial charge in [-0.3, -0.25) is 9.78 Å². The van der Waals surface area contributed by atoms with E-state index in [9.17, 15) is 9.59 Å². The van der Waals surface area contributed by atoms with E-state index in [2.05, 4.69) is 15.6 Å². The van der Waals surface area contributed by atoms with E-state index in [4.69, 9.17) is 9.47 Å². The Balaban J connectivity index is 1.55. The van der Waals surface area contributed by atoms with E-state index < -0.39 is 6.04 Å². The molecule has 0 radical (unpaired) electrons. The van der Waals surface area contributed by atoms with Crippen molar-refractivity contribution in [2.45, 2.75) is 32.0 Å². The maximum absolute atomic E-state index is 13.4. The lowest BCUT2D eigenvalue weighted by atomic mass is 9.88. The smallest absolute Gasteiger partial charge is 0.318 e. The van der Waals surface area contributed by atoms with Crippen LogP contribution in [0.3, 0.4) is 0 Å². The van der Waals surface area contributed by atoms with E-state index in [1.165, 1.54) is 0 Å². The Morgan fingerprint density at radius 3 is 2.46 bits per heavy atom. The summed E-state index contributed by atoms with van der Waals surface area (Å²) in [6.07, 6.45) is 2.34. The average molecular weight is 475 g/mol. The first-order valence-electron chi connectivity index (χ1n) is 11.6. The molecule has 8 nitrogen and oxygen atoms in total. The zero-order valence-electron chi connectivity index (χ0n) is 20.2. The second-order valence-corrected chi connectivity index (χ2v) is 8.37. The lowest BCUT2D eigenvalue weighted by molar-refractivity contribution is -0.122. The van der Waals surface area contributed by atoms with Gasteiger partial charge in [0.05, 0.1) is 32.5 Å². The molecular formula is C27H30N4O4. The van der Waals surface area contributed by atoms with Gasteiger partial charge in [-0.1, -0.05) is 36.4 Å². The molecule has 0 aliphatic carbocycles. The highest BCUT2D eigenvalue weighted by atomic mass is 16.5. The van der Waals surface area contributed by atoms with Crippen molar-refractivity contribution >= 4 is 11.9 Å². The van der Waals surface area contributed by atoms with Crippen LogP contribution < -0.4 is 20.1 Å². The van der Waals surface area contributed by atoms with E-state index in [1.54, 1.807) is 32.2 Å². The van der Waals surface area contributed by atoms with Crippen molar-refractivity contribution in [3.63, 3.8) is 0 Å². The average Bonchev–Trinajstić information content (AvgIpc) is 2.91. The number of nitrogens with one attached hydrogen (secondary N) is 2. The summed E-state index contributed by atoms with van der Waals surface area (Å²) in [5, 5.41) is 5.69. The molecule has 0 spiro atoms. The van der Waals surface area contributed by atoms with Crippen LogP contribution in [0.5, 0.6) is 11.5 Å². The zero-order valence-corrected chi connectivity index (χ0v) is 20.2. The number of urea groups is 1. The first-order chi connectivity index (χ1) is 17.0. The molecule has 0 unspecified atom stereocenters. The van der Waals surface area contributed by atoms with Gasteiger partial charge in [0.1, 0.15) is 6.04 Å². The van der Waals surface area contributed by atoms with Crippen LogP contribution in [0.15, 0.2) is 66.9 Å². The Bertz CT molecular complexity index is 1170. The Hall–Kier alpha value is -4.07. The number of carbonyl (C=O) groups is 2. The Morgan fingerprint density at radius 1 is 1.06 bits per heavy atom. The van der Waals surface area contributed by atoms with Gasteiger partial charge in [0.15, 0.2) is 11.5 Å². The summed E-state index contributed by atoms with van der Waals surface area (Å²) >= 11 is 0. The number of ether oxygens (including phenoxy) is 2. The van der Waals surface area contributed by atoms with E-state index in [1.807, 2.05) is 60.7 Å². The molecule has 1 aromatic heterocycles. The third-order valence-corrected chi connectivity index (χ3v) is 6.15. The van der Waals surface area contributed by atoms with Crippen molar-refractivity contribution in [2.75, 3.05) is 20.8 Å². The maximum Gasteiger partial charge on any atom is 0.318 e. The molecule has 2 N–H and O–H groups in total. The van der Waals surface area contributed by atoms with Crippen molar-refractivity contribution < 1.29 is 19.1 Å². The summed E-state index contributed by atoms with van der Waals surface area (Å²) in [6.45, 7) is 2.47. The van der Waals surface area contributed by atoms with Crippen LogP contribution in [0.2, 0.25) is 0 Å². The molecule has 0 saturated heterocycles. The number of fused-ring (bicyclic) bond motifs is 1. The van der Waals surface area contributed by atoms with E-state index in [0.717, 1.165) is 22.4 Å². The van der Waals surface area contributed by atoms with Gasteiger partial charge < -0.3 is 25.0 Å². The van der Waals surface area contributed by atoms with Crippen LogP contribution in [0.1, 0.15) is 35.3 Å². The first kappa shape index (κ1) is 24.1. The predicted molar refractivity (Wildman–Crippen MR) is 132 cm³/mol. The minimum atomic E-state index is -0.713. The van der Waals surface area contributed by atoms with Crippen LogP contribution in [-0.4, -0.2) is 48.6 Å². The Kier molecular flexibility index (Phi) is 7.50. The lowest BCUT2D eigenvalue weighted by Gasteiger charge is -2.38. The van der Waals surface area contributed by atoms with Gasteiger partial charge in [0.2, 0.25) is 5.91 Å². The first-order valence-corrected chi connectivity index (χ1v) is 11.6. The third-order valence-electron chi connectivity index (χ3n) is 6.15.